The zero-order valence-electron chi connectivity index (χ0n) is 9.24. The van der Waals surface area contributed by atoms with Gasteiger partial charge < -0.3 is 0 Å². The molecule has 0 aromatic carbocycles. The van der Waals surface area contributed by atoms with Crippen molar-refractivity contribution in [2.75, 3.05) is 5.75 Å². The second kappa shape index (κ2) is 5.24. The van der Waals surface area contributed by atoms with Crippen LogP contribution in [-0.4, -0.2) is 21.0 Å². The van der Waals surface area contributed by atoms with Crippen LogP contribution in [0.15, 0.2) is 0 Å². The van der Waals surface area contributed by atoms with Crippen LogP contribution in [0.25, 0.3) is 0 Å². The molecule has 0 radical (unpaired) electrons. The summed E-state index contributed by atoms with van der Waals surface area (Å²) in [4.78, 5) is 11.8. The van der Waals surface area contributed by atoms with Crippen molar-refractivity contribution in [2.24, 2.45) is 5.92 Å². The average Bonchev–Trinajstić information content (AvgIpc) is 2.91. The Bertz CT molecular complexity index is 224. The lowest BCUT2D eigenvalue weighted by atomic mass is 10.0. The van der Waals surface area contributed by atoms with Gasteiger partial charge >= 0.3 is 0 Å². The third kappa shape index (κ3) is 2.90. The van der Waals surface area contributed by atoms with Gasteiger partial charge in [-0.2, -0.15) is 0 Å². The van der Waals surface area contributed by atoms with Crippen LogP contribution in [0, 0.1) is 5.92 Å². The summed E-state index contributed by atoms with van der Waals surface area (Å²) in [6.07, 6.45) is 9.01. The first kappa shape index (κ1) is 11.3. The molecule has 0 heterocycles. The molecule has 0 N–H and O–H groups in total. The molecule has 0 bridgehead atoms. The molecule has 86 valence electrons. The maximum atomic E-state index is 11.9. The monoisotopic (exact) mass is 228 g/mol. The van der Waals surface area contributed by atoms with Crippen molar-refractivity contribution >= 4 is 16.6 Å². The number of carbonyl (C=O) groups is 1. The molecule has 1 unspecified atom stereocenters. The Kier molecular flexibility index (Phi) is 3.95. The van der Waals surface area contributed by atoms with E-state index in [0.29, 0.717) is 11.0 Å². The fraction of sp³-hybridized carbons (Fsp3) is 0.917. The Labute approximate surface area is 94.3 Å². The van der Waals surface area contributed by atoms with Crippen molar-refractivity contribution in [3.05, 3.63) is 0 Å². The van der Waals surface area contributed by atoms with Crippen LogP contribution in [0.3, 0.4) is 0 Å². The van der Waals surface area contributed by atoms with E-state index in [1.165, 1.54) is 25.7 Å². The Morgan fingerprint density at radius 1 is 1.00 bits per heavy atom. The standard InChI is InChI=1S/C12H20O2S/c13-12(10-5-1-2-6-10)9-15(14)11-7-3-4-8-11/h10-11H,1-9H2. The first-order valence-corrected chi connectivity index (χ1v) is 7.55. The van der Waals surface area contributed by atoms with Crippen LogP contribution < -0.4 is 0 Å². The van der Waals surface area contributed by atoms with Gasteiger partial charge in [-0.3, -0.25) is 9.00 Å². The average molecular weight is 228 g/mol. The molecule has 2 rings (SSSR count). The second-order valence-corrected chi connectivity index (χ2v) is 6.60. The van der Waals surface area contributed by atoms with Crippen molar-refractivity contribution in [3.63, 3.8) is 0 Å². The minimum atomic E-state index is -0.871. The van der Waals surface area contributed by atoms with Crippen molar-refractivity contribution in [1.29, 1.82) is 0 Å². The van der Waals surface area contributed by atoms with Gasteiger partial charge in [-0.05, 0) is 25.7 Å². The topological polar surface area (TPSA) is 34.1 Å². The van der Waals surface area contributed by atoms with Gasteiger partial charge in [-0.25, -0.2) is 0 Å². The van der Waals surface area contributed by atoms with Gasteiger partial charge in [0.2, 0.25) is 0 Å². The van der Waals surface area contributed by atoms with Gasteiger partial charge in [0.25, 0.3) is 0 Å². The van der Waals surface area contributed by atoms with Gasteiger partial charge in [0.05, 0.1) is 5.75 Å². The van der Waals surface area contributed by atoms with Crippen molar-refractivity contribution < 1.29 is 9.00 Å². The third-order valence-electron chi connectivity index (χ3n) is 3.77. The summed E-state index contributed by atoms with van der Waals surface area (Å²) in [6, 6.07) is 0. The highest BCUT2D eigenvalue weighted by molar-refractivity contribution is 7.86. The molecule has 0 aromatic heterocycles. The molecular weight excluding hydrogens is 208 g/mol. The number of hydrogen-bond acceptors (Lipinski definition) is 2. The normalized spacial score (nSPS) is 25.9. The van der Waals surface area contributed by atoms with Crippen LogP contribution in [0.4, 0.5) is 0 Å². The minimum absolute atomic E-state index is 0.246. The van der Waals surface area contributed by atoms with Gasteiger partial charge in [-0.1, -0.05) is 25.7 Å². The number of Topliss-reactive ketones (excluding diaryl/α,β-unsaturated/α-hetero) is 1. The zero-order valence-corrected chi connectivity index (χ0v) is 10.1. The Hall–Kier alpha value is -0.180. The summed E-state index contributed by atoms with van der Waals surface area (Å²) in [5, 5.41) is 0.329. The highest BCUT2D eigenvalue weighted by atomic mass is 32.2. The third-order valence-corrected chi connectivity index (χ3v) is 5.55. The van der Waals surface area contributed by atoms with E-state index in [9.17, 15) is 9.00 Å². The molecule has 0 aromatic rings. The number of hydrogen-bond donors (Lipinski definition) is 0. The molecule has 2 fully saturated rings. The van der Waals surface area contributed by atoms with Crippen LogP contribution in [0.5, 0.6) is 0 Å². The van der Waals surface area contributed by atoms with Crippen LogP contribution in [0.1, 0.15) is 51.4 Å². The molecule has 0 spiro atoms. The van der Waals surface area contributed by atoms with Crippen LogP contribution >= 0.6 is 0 Å². The van der Waals surface area contributed by atoms with Crippen molar-refractivity contribution in [2.45, 2.75) is 56.6 Å². The summed E-state index contributed by atoms with van der Waals surface area (Å²) in [6.45, 7) is 0. The predicted octanol–water partition coefficient (Wildman–Crippen LogP) is 2.44. The van der Waals surface area contributed by atoms with E-state index in [1.807, 2.05) is 0 Å². The molecule has 0 saturated heterocycles. The first-order chi connectivity index (χ1) is 7.27. The van der Waals surface area contributed by atoms with E-state index in [-0.39, 0.29) is 11.7 Å². The largest absolute Gasteiger partial charge is 0.298 e. The van der Waals surface area contributed by atoms with Gasteiger partial charge in [-0.15, -0.1) is 0 Å². The van der Waals surface area contributed by atoms with Crippen molar-refractivity contribution in [1.82, 2.24) is 0 Å². The zero-order chi connectivity index (χ0) is 10.7. The lowest BCUT2D eigenvalue weighted by molar-refractivity contribution is -0.120. The lowest BCUT2D eigenvalue weighted by Gasteiger charge is -2.11. The molecule has 2 aliphatic carbocycles. The van der Waals surface area contributed by atoms with E-state index < -0.39 is 10.8 Å². The number of ketones is 1. The molecule has 0 amide bonds. The van der Waals surface area contributed by atoms with E-state index in [1.54, 1.807) is 0 Å². The summed E-state index contributed by atoms with van der Waals surface area (Å²) in [7, 11) is -0.871. The highest BCUT2D eigenvalue weighted by Gasteiger charge is 2.27. The summed E-state index contributed by atoms with van der Waals surface area (Å²) in [5.41, 5.74) is 0. The Balaban J connectivity index is 1.79. The van der Waals surface area contributed by atoms with E-state index in [0.717, 1.165) is 25.7 Å². The molecule has 2 aliphatic rings. The summed E-state index contributed by atoms with van der Waals surface area (Å²) in [5.74, 6) is 0.864. The van der Waals surface area contributed by atoms with E-state index in [4.69, 9.17) is 0 Å². The Morgan fingerprint density at radius 3 is 2.13 bits per heavy atom. The Morgan fingerprint density at radius 2 is 1.53 bits per heavy atom. The second-order valence-electron chi connectivity index (χ2n) is 4.88. The molecule has 2 saturated carbocycles. The van der Waals surface area contributed by atoms with E-state index in [2.05, 4.69) is 0 Å². The fourth-order valence-electron chi connectivity index (χ4n) is 2.77. The molecular formula is C12H20O2S. The maximum absolute atomic E-state index is 11.9. The van der Waals surface area contributed by atoms with E-state index >= 15 is 0 Å². The van der Waals surface area contributed by atoms with Crippen molar-refractivity contribution in [3.8, 4) is 0 Å². The smallest absolute Gasteiger partial charge is 0.148 e. The predicted molar refractivity (Wildman–Crippen MR) is 62.2 cm³/mol. The molecule has 3 heteroatoms. The highest BCUT2D eigenvalue weighted by Crippen LogP contribution is 2.27. The van der Waals surface area contributed by atoms with Crippen LogP contribution in [-0.2, 0) is 15.6 Å². The summed E-state index contributed by atoms with van der Waals surface area (Å²) < 4.78 is 11.9. The molecule has 2 nitrogen and oxygen atoms in total. The molecule has 15 heavy (non-hydrogen) atoms. The van der Waals surface area contributed by atoms with Gasteiger partial charge in [0.1, 0.15) is 5.78 Å². The van der Waals surface area contributed by atoms with Gasteiger partial charge in [0.15, 0.2) is 0 Å². The fourth-order valence-corrected chi connectivity index (χ4v) is 4.39. The quantitative estimate of drug-likeness (QED) is 0.740. The number of rotatable bonds is 4. The minimum Gasteiger partial charge on any atom is -0.298 e. The first-order valence-electron chi connectivity index (χ1n) is 6.17. The number of carbonyl (C=O) groups excluding carboxylic acids is 1. The van der Waals surface area contributed by atoms with Gasteiger partial charge in [0, 0.05) is 22.0 Å². The maximum Gasteiger partial charge on any atom is 0.148 e. The SMILES string of the molecule is O=C(CS(=O)C1CCCC1)C1CCCC1. The summed E-state index contributed by atoms with van der Waals surface area (Å²) >= 11 is 0. The van der Waals surface area contributed by atoms with Crippen LogP contribution in [0.2, 0.25) is 0 Å². The lowest BCUT2D eigenvalue weighted by Crippen LogP contribution is -2.24. The molecule has 1 atom stereocenters. The molecule has 0 aliphatic heterocycles.